The summed E-state index contributed by atoms with van der Waals surface area (Å²) in [5, 5.41) is 14.9. The fraction of sp³-hybridized carbons (Fsp3) is 0.182. The van der Waals surface area contributed by atoms with Gasteiger partial charge in [-0.05, 0) is 23.3 Å². The van der Waals surface area contributed by atoms with E-state index in [0.717, 1.165) is 11.1 Å². The first kappa shape index (κ1) is 19.4. The third kappa shape index (κ3) is 4.07. The van der Waals surface area contributed by atoms with Crippen LogP contribution in [-0.2, 0) is 24.3 Å². The standard InChI is InChI=1S/C22H20N4O4/c27-20(23-11-14-4-2-1-3-5-14)18-10-17-19(25-18)21(28)26(13-24-17)12-15-6-8-16(9-7-15)22(29)30/h1-9,13,18,25H,10-12H2,(H,23,27)(H,29,30). The SMILES string of the molecule is O=C(O)c1ccc(Cn2cnc3c(c2=O)NC(C(=O)NCc2ccccc2)C3)cc1. The second-order valence-corrected chi connectivity index (χ2v) is 7.11. The zero-order valence-corrected chi connectivity index (χ0v) is 16.0. The number of hydrogen-bond donors (Lipinski definition) is 3. The number of benzene rings is 2. The van der Waals surface area contributed by atoms with E-state index in [2.05, 4.69) is 15.6 Å². The summed E-state index contributed by atoms with van der Waals surface area (Å²) in [6.07, 6.45) is 1.80. The van der Waals surface area contributed by atoms with Gasteiger partial charge in [0.2, 0.25) is 5.91 Å². The molecule has 152 valence electrons. The minimum absolute atomic E-state index is 0.184. The van der Waals surface area contributed by atoms with Gasteiger partial charge < -0.3 is 15.7 Å². The van der Waals surface area contributed by atoms with Crippen LogP contribution in [0.3, 0.4) is 0 Å². The molecule has 0 fully saturated rings. The first-order chi connectivity index (χ1) is 14.5. The molecule has 4 rings (SSSR count). The molecular weight excluding hydrogens is 384 g/mol. The zero-order chi connectivity index (χ0) is 21.1. The van der Waals surface area contributed by atoms with Crippen molar-refractivity contribution in [2.45, 2.75) is 25.6 Å². The Morgan fingerprint density at radius 2 is 1.83 bits per heavy atom. The molecule has 0 saturated carbocycles. The molecule has 1 aliphatic rings. The molecule has 1 unspecified atom stereocenters. The Morgan fingerprint density at radius 3 is 2.53 bits per heavy atom. The van der Waals surface area contributed by atoms with E-state index in [1.54, 1.807) is 12.1 Å². The van der Waals surface area contributed by atoms with Crippen molar-refractivity contribution < 1.29 is 14.7 Å². The average Bonchev–Trinajstić information content (AvgIpc) is 3.20. The van der Waals surface area contributed by atoms with Crippen LogP contribution < -0.4 is 16.2 Å². The van der Waals surface area contributed by atoms with Crippen LogP contribution in [0, 0.1) is 0 Å². The molecule has 1 aliphatic heterocycles. The number of nitrogens with zero attached hydrogens (tertiary/aromatic N) is 2. The second-order valence-electron chi connectivity index (χ2n) is 7.11. The predicted octanol–water partition coefficient (Wildman–Crippen LogP) is 1.64. The Bertz CT molecular complexity index is 1140. The maximum Gasteiger partial charge on any atom is 0.335 e. The molecule has 8 heteroatoms. The number of hydrogen-bond acceptors (Lipinski definition) is 5. The maximum absolute atomic E-state index is 12.8. The molecule has 1 atom stereocenters. The van der Waals surface area contributed by atoms with Crippen LogP contribution in [0.15, 0.2) is 65.7 Å². The summed E-state index contributed by atoms with van der Waals surface area (Å²) in [6, 6.07) is 15.4. The van der Waals surface area contributed by atoms with Crippen LogP contribution in [0.5, 0.6) is 0 Å². The predicted molar refractivity (Wildman–Crippen MR) is 110 cm³/mol. The monoisotopic (exact) mass is 404 g/mol. The smallest absolute Gasteiger partial charge is 0.335 e. The van der Waals surface area contributed by atoms with Gasteiger partial charge in [-0.2, -0.15) is 0 Å². The van der Waals surface area contributed by atoms with E-state index >= 15 is 0 Å². The Kier molecular flexibility index (Phi) is 5.30. The minimum Gasteiger partial charge on any atom is -0.478 e. The number of amides is 1. The van der Waals surface area contributed by atoms with E-state index in [9.17, 15) is 14.4 Å². The number of carbonyl (C=O) groups is 2. The Balaban J connectivity index is 1.43. The fourth-order valence-corrected chi connectivity index (χ4v) is 3.37. The van der Waals surface area contributed by atoms with Crippen LogP contribution in [-0.4, -0.2) is 32.6 Å². The number of aromatic nitrogens is 2. The van der Waals surface area contributed by atoms with E-state index in [1.165, 1.54) is 23.0 Å². The summed E-state index contributed by atoms with van der Waals surface area (Å²) in [5.74, 6) is -1.19. The summed E-state index contributed by atoms with van der Waals surface area (Å²) in [5.41, 5.74) is 2.59. The van der Waals surface area contributed by atoms with Crippen LogP contribution in [0.4, 0.5) is 5.69 Å². The average molecular weight is 404 g/mol. The van der Waals surface area contributed by atoms with Gasteiger partial charge in [0.05, 0.1) is 24.1 Å². The summed E-state index contributed by atoms with van der Waals surface area (Å²) >= 11 is 0. The van der Waals surface area contributed by atoms with Crippen molar-refractivity contribution in [3.8, 4) is 0 Å². The van der Waals surface area contributed by atoms with Gasteiger partial charge in [0, 0.05) is 13.0 Å². The van der Waals surface area contributed by atoms with E-state index in [-0.39, 0.29) is 23.6 Å². The lowest BCUT2D eigenvalue weighted by Crippen LogP contribution is -2.38. The third-order valence-electron chi connectivity index (χ3n) is 5.01. The summed E-state index contributed by atoms with van der Waals surface area (Å²) in [6.45, 7) is 0.670. The highest BCUT2D eigenvalue weighted by molar-refractivity contribution is 5.87. The molecule has 2 heterocycles. The van der Waals surface area contributed by atoms with Gasteiger partial charge in [-0.25, -0.2) is 9.78 Å². The lowest BCUT2D eigenvalue weighted by Gasteiger charge is -2.12. The molecular formula is C22H20N4O4. The fourth-order valence-electron chi connectivity index (χ4n) is 3.37. The molecule has 2 aromatic carbocycles. The maximum atomic E-state index is 12.8. The molecule has 0 spiro atoms. The third-order valence-corrected chi connectivity index (χ3v) is 5.01. The number of nitrogens with one attached hydrogen (secondary N) is 2. The molecule has 0 radical (unpaired) electrons. The quantitative estimate of drug-likeness (QED) is 0.576. The van der Waals surface area contributed by atoms with E-state index in [1.807, 2.05) is 30.3 Å². The van der Waals surface area contributed by atoms with E-state index in [4.69, 9.17) is 5.11 Å². The number of rotatable bonds is 6. The molecule has 30 heavy (non-hydrogen) atoms. The Labute approximate surface area is 172 Å². The van der Waals surface area contributed by atoms with Crippen molar-refractivity contribution in [2.75, 3.05) is 5.32 Å². The Morgan fingerprint density at radius 1 is 1.10 bits per heavy atom. The van der Waals surface area contributed by atoms with Crippen molar-refractivity contribution in [2.24, 2.45) is 0 Å². The highest BCUT2D eigenvalue weighted by Crippen LogP contribution is 2.20. The molecule has 0 bridgehead atoms. The van der Waals surface area contributed by atoms with E-state index < -0.39 is 12.0 Å². The van der Waals surface area contributed by atoms with Gasteiger partial charge in [0.25, 0.3) is 5.56 Å². The molecule has 8 nitrogen and oxygen atoms in total. The second kappa shape index (κ2) is 8.20. The number of aromatic carboxylic acids is 1. The Hall–Kier alpha value is -3.94. The largest absolute Gasteiger partial charge is 0.478 e. The molecule has 0 aliphatic carbocycles. The number of fused-ring (bicyclic) bond motifs is 1. The van der Waals surface area contributed by atoms with Crippen molar-refractivity contribution in [1.82, 2.24) is 14.9 Å². The highest BCUT2D eigenvalue weighted by Gasteiger charge is 2.30. The molecule has 3 N–H and O–H groups in total. The minimum atomic E-state index is -1.00. The molecule has 3 aromatic rings. The molecule has 0 saturated heterocycles. The number of carbonyl (C=O) groups excluding carboxylic acids is 1. The van der Waals surface area contributed by atoms with Crippen molar-refractivity contribution in [1.29, 1.82) is 0 Å². The summed E-state index contributed by atoms with van der Waals surface area (Å²) < 4.78 is 1.44. The topological polar surface area (TPSA) is 113 Å². The summed E-state index contributed by atoms with van der Waals surface area (Å²) in [4.78, 5) is 40.6. The van der Waals surface area contributed by atoms with Crippen molar-refractivity contribution in [3.63, 3.8) is 0 Å². The van der Waals surface area contributed by atoms with Crippen LogP contribution in [0.25, 0.3) is 0 Å². The summed E-state index contributed by atoms with van der Waals surface area (Å²) in [7, 11) is 0. The number of anilines is 1. The van der Waals surface area contributed by atoms with Crippen LogP contribution in [0.1, 0.15) is 27.2 Å². The van der Waals surface area contributed by atoms with Gasteiger partial charge in [0.15, 0.2) is 0 Å². The van der Waals surface area contributed by atoms with Gasteiger partial charge in [0.1, 0.15) is 11.7 Å². The van der Waals surface area contributed by atoms with Crippen LogP contribution >= 0.6 is 0 Å². The van der Waals surface area contributed by atoms with Crippen molar-refractivity contribution >= 4 is 17.6 Å². The first-order valence-electron chi connectivity index (χ1n) is 9.50. The molecule has 1 amide bonds. The van der Waals surface area contributed by atoms with E-state index in [0.29, 0.717) is 24.3 Å². The first-order valence-corrected chi connectivity index (χ1v) is 9.50. The van der Waals surface area contributed by atoms with Gasteiger partial charge >= 0.3 is 5.97 Å². The highest BCUT2D eigenvalue weighted by atomic mass is 16.4. The lowest BCUT2D eigenvalue weighted by atomic mass is 10.1. The number of carboxylic acids is 1. The normalized spacial score (nSPS) is 14.6. The number of carboxylic acid groups (broad SMARTS) is 1. The zero-order valence-electron chi connectivity index (χ0n) is 16.0. The van der Waals surface area contributed by atoms with Gasteiger partial charge in [-0.1, -0.05) is 42.5 Å². The van der Waals surface area contributed by atoms with Gasteiger partial charge in [-0.3, -0.25) is 14.2 Å². The van der Waals surface area contributed by atoms with Crippen molar-refractivity contribution in [3.05, 3.63) is 93.7 Å². The van der Waals surface area contributed by atoms with Crippen LogP contribution in [0.2, 0.25) is 0 Å². The molecule has 1 aromatic heterocycles. The van der Waals surface area contributed by atoms with Gasteiger partial charge in [-0.15, -0.1) is 0 Å². The lowest BCUT2D eigenvalue weighted by molar-refractivity contribution is -0.121.